The van der Waals surface area contributed by atoms with E-state index in [0.29, 0.717) is 64.5 Å². The molecule has 9 heteroatoms. The molecule has 1 atom stereocenters. The summed E-state index contributed by atoms with van der Waals surface area (Å²) in [6.45, 7) is 12.2. The fourth-order valence-electron chi connectivity index (χ4n) is 3.71. The molecule has 1 aliphatic rings. The molecule has 2 rings (SSSR count). The van der Waals surface area contributed by atoms with Gasteiger partial charge in [-0.05, 0) is 30.9 Å². The van der Waals surface area contributed by atoms with E-state index in [-0.39, 0.29) is 6.04 Å². The molecule has 194 valence electrons. The Morgan fingerprint density at radius 3 is 2.09 bits per heavy atom. The lowest BCUT2D eigenvalue weighted by atomic mass is 9.99. The maximum atomic E-state index is 12.1. The highest BCUT2D eigenvalue weighted by molar-refractivity contribution is 5.87. The molecule has 0 bridgehead atoms. The number of rotatable bonds is 6. The molecule has 1 fully saturated rings. The molecule has 0 amide bonds. The Labute approximate surface area is 204 Å². The summed E-state index contributed by atoms with van der Waals surface area (Å²) < 4.78 is 27.8. The lowest BCUT2D eigenvalue weighted by Gasteiger charge is -2.32. The van der Waals surface area contributed by atoms with E-state index in [4.69, 9.17) is 23.7 Å². The molecule has 0 aromatic carbocycles. The van der Waals surface area contributed by atoms with Gasteiger partial charge in [-0.3, -0.25) is 4.90 Å². The second-order valence-electron chi connectivity index (χ2n) is 8.66. The summed E-state index contributed by atoms with van der Waals surface area (Å²) in [5.41, 5.74) is 1.19. The number of nitrogens with one attached hydrogen (secondary N) is 1. The Morgan fingerprint density at radius 1 is 0.941 bits per heavy atom. The molecule has 1 aromatic rings. The molecule has 0 aliphatic carbocycles. The highest BCUT2D eigenvalue weighted by atomic mass is 16.5. The van der Waals surface area contributed by atoms with Gasteiger partial charge in [0.2, 0.25) is 0 Å². The van der Waals surface area contributed by atoms with Gasteiger partial charge in [0.1, 0.15) is 5.69 Å². The number of carbonyl (C=O) groups excluding carboxylic acids is 1. The average molecular weight is 482 g/mol. The Bertz CT molecular complexity index is 658. The Hall–Kier alpha value is -1.62. The molecular weight excluding hydrogens is 438 g/mol. The fraction of sp³-hybridized carbons (Fsp3) is 0.760. The van der Waals surface area contributed by atoms with Gasteiger partial charge in [-0.1, -0.05) is 19.9 Å². The molecule has 0 radical (unpaired) electrons. The molecule has 1 saturated heterocycles. The third-order valence-electron chi connectivity index (χ3n) is 5.60. The van der Waals surface area contributed by atoms with E-state index in [0.717, 1.165) is 44.7 Å². The van der Waals surface area contributed by atoms with Gasteiger partial charge in [0.05, 0.1) is 71.7 Å². The van der Waals surface area contributed by atoms with Gasteiger partial charge in [0.25, 0.3) is 0 Å². The minimum absolute atomic E-state index is 0.0448. The van der Waals surface area contributed by atoms with Crippen molar-refractivity contribution in [3.05, 3.63) is 29.6 Å². The maximum Gasteiger partial charge on any atom is 0.356 e. The van der Waals surface area contributed by atoms with E-state index in [1.54, 1.807) is 6.07 Å². The summed E-state index contributed by atoms with van der Waals surface area (Å²) in [4.78, 5) is 19.1. The zero-order chi connectivity index (χ0) is 24.4. The highest BCUT2D eigenvalue weighted by Crippen LogP contribution is 2.26. The molecule has 34 heavy (non-hydrogen) atoms. The summed E-state index contributed by atoms with van der Waals surface area (Å²) in [7, 11) is 1.38. The molecule has 1 unspecified atom stereocenters. The fourth-order valence-corrected chi connectivity index (χ4v) is 3.71. The van der Waals surface area contributed by atoms with Crippen LogP contribution in [0.1, 0.15) is 48.9 Å². The van der Waals surface area contributed by atoms with Crippen LogP contribution < -0.4 is 5.32 Å². The first-order chi connectivity index (χ1) is 16.6. The molecule has 1 N–H and O–H groups in total. The van der Waals surface area contributed by atoms with Crippen molar-refractivity contribution in [3.63, 3.8) is 0 Å². The second-order valence-corrected chi connectivity index (χ2v) is 8.66. The van der Waals surface area contributed by atoms with Gasteiger partial charge >= 0.3 is 5.97 Å². The average Bonchev–Trinajstić information content (AvgIpc) is 2.84. The van der Waals surface area contributed by atoms with E-state index < -0.39 is 5.97 Å². The highest BCUT2D eigenvalue weighted by Gasteiger charge is 2.23. The number of ether oxygens (including phenoxy) is 5. The van der Waals surface area contributed by atoms with Crippen molar-refractivity contribution >= 4 is 5.97 Å². The van der Waals surface area contributed by atoms with E-state index in [9.17, 15) is 4.79 Å². The van der Waals surface area contributed by atoms with Crippen molar-refractivity contribution in [2.45, 2.75) is 32.7 Å². The number of carbonyl (C=O) groups is 1. The van der Waals surface area contributed by atoms with Crippen LogP contribution in [0.3, 0.4) is 0 Å². The van der Waals surface area contributed by atoms with Gasteiger partial charge in [-0.25, -0.2) is 9.78 Å². The van der Waals surface area contributed by atoms with E-state index in [1.165, 1.54) is 7.11 Å². The molecule has 0 spiro atoms. The Morgan fingerprint density at radius 2 is 1.53 bits per heavy atom. The number of aromatic nitrogens is 1. The SMILES string of the molecule is COC(=O)c1cccc(C(CCC(C)C)N2CCOCCOCCNCCOCCOCC2)n1. The number of methoxy groups -OCH3 is 1. The summed E-state index contributed by atoms with van der Waals surface area (Å²) in [6.07, 6.45) is 1.97. The van der Waals surface area contributed by atoms with Crippen LogP contribution in [0, 0.1) is 5.92 Å². The second kappa shape index (κ2) is 17.8. The van der Waals surface area contributed by atoms with Gasteiger partial charge in [-0.15, -0.1) is 0 Å². The summed E-state index contributed by atoms with van der Waals surface area (Å²) in [5.74, 6) is 0.133. The zero-order valence-corrected chi connectivity index (χ0v) is 21.1. The number of hydrogen-bond acceptors (Lipinski definition) is 9. The van der Waals surface area contributed by atoms with Crippen LogP contribution in [0.15, 0.2) is 18.2 Å². The van der Waals surface area contributed by atoms with Crippen LogP contribution in [-0.4, -0.2) is 102 Å². The monoisotopic (exact) mass is 481 g/mol. The van der Waals surface area contributed by atoms with Crippen LogP contribution in [0.4, 0.5) is 0 Å². The summed E-state index contributed by atoms with van der Waals surface area (Å²) >= 11 is 0. The molecule has 1 aromatic heterocycles. The minimum Gasteiger partial charge on any atom is -0.464 e. The van der Waals surface area contributed by atoms with Crippen molar-refractivity contribution in [3.8, 4) is 0 Å². The topological polar surface area (TPSA) is 91.4 Å². The predicted octanol–water partition coefficient (Wildman–Crippen LogP) is 2.32. The number of nitrogens with zero attached hydrogens (tertiary/aromatic N) is 2. The van der Waals surface area contributed by atoms with Crippen LogP contribution in [0.2, 0.25) is 0 Å². The van der Waals surface area contributed by atoms with Crippen molar-refractivity contribution in [2.24, 2.45) is 5.92 Å². The smallest absolute Gasteiger partial charge is 0.356 e. The molecule has 9 nitrogen and oxygen atoms in total. The van der Waals surface area contributed by atoms with Crippen molar-refractivity contribution < 1.29 is 28.5 Å². The van der Waals surface area contributed by atoms with Gasteiger partial charge in [0, 0.05) is 26.2 Å². The third kappa shape index (κ3) is 11.7. The van der Waals surface area contributed by atoms with Crippen LogP contribution in [0.25, 0.3) is 0 Å². The van der Waals surface area contributed by atoms with Crippen LogP contribution >= 0.6 is 0 Å². The van der Waals surface area contributed by atoms with Crippen molar-refractivity contribution in [2.75, 3.05) is 86.1 Å². The number of esters is 1. The largest absolute Gasteiger partial charge is 0.464 e. The first-order valence-electron chi connectivity index (χ1n) is 12.4. The zero-order valence-electron chi connectivity index (χ0n) is 21.1. The van der Waals surface area contributed by atoms with Gasteiger partial charge < -0.3 is 29.0 Å². The third-order valence-corrected chi connectivity index (χ3v) is 5.60. The van der Waals surface area contributed by atoms with Crippen molar-refractivity contribution in [1.82, 2.24) is 15.2 Å². The van der Waals surface area contributed by atoms with E-state index in [2.05, 4.69) is 29.0 Å². The van der Waals surface area contributed by atoms with E-state index >= 15 is 0 Å². The minimum atomic E-state index is -0.425. The van der Waals surface area contributed by atoms with E-state index in [1.807, 2.05) is 12.1 Å². The van der Waals surface area contributed by atoms with Crippen LogP contribution in [-0.2, 0) is 23.7 Å². The summed E-state index contributed by atoms with van der Waals surface area (Å²) in [6, 6.07) is 5.59. The normalized spacial score (nSPS) is 19.8. The standard InChI is InChI=1S/C25H43N3O6/c1-21(2)7-8-24(22-5-4-6-23(27-22)25(29)30-3)28-11-15-33-19-17-31-13-9-26-10-14-32-18-20-34-16-12-28/h4-6,21,24,26H,7-20H2,1-3H3. The molecule has 1 aliphatic heterocycles. The number of pyridine rings is 1. The quantitative estimate of drug-likeness (QED) is 0.615. The molecule has 0 saturated carbocycles. The predicted molar refractivity (Wildman–Crippen MR) is 130 cm³/mol. The first kappa shape index (κ1) is 28.6. The van der Waals surface area contributed by atoms with Gasteiger partial charge in [-0.2, -0.15) is 0 Å². The Balaban J connectivity index is 2.10. The lowest BCUT2D eigenvalue weighted by molar-refractivity contribution is 0.0109. The first-order valence-corrected chi connectivity index (χ1v) is 12.4. The maximum absolute atomic E-state index is 12.1. The lowest BCUT2D eigenvalue weighted by Crippen LogP contribution is -2.36. The molecule has 2 heterocycles. The summed E-state index contributed by atoms with van der Waals surface area (Å²) in [5, 5.41) is 3.28. The van der Waals surface area contributed by atoms with Gasteiger partial charge in [0.15, 0.2) is 0 Å². The Kier molecular flexibility index (Phi) is 14.9. The van der Waals surface area contributed by atoms with Crippen LogP contribution in [0.5, 0.6) is 0 Å². The van der Waals surface area contributed by atoms with Crippen molar-refractivity contribution in [1.29, 1.82) is 0 Å². The molecular formula is C25H43N3O6. The number of hydrogen-bond donors (Lipinski definition) is 1.